The second-order valence-corrected chi connectivity index (χ2v) is 6.19. The van der Waals surface area contributed by atoms with Gasteiger partial charge in [0.1, 0.15) is 0 Å². The number of aryl methyl sites for hydroxylation is 1. The number of hydrogen-bond acceptors (Lipinski definition) is 2. The molecule has 0 bridgehead atoms. The van der Waals surface area contributed by atoms with Gasteiger partial charge >= 0.3 is 0 Å². The van der Waals surface area contributed by atoms with Crippen LogP contribution in [0.4, 0.5) is 0 Å². The highest BCUT2D eigenvalue weighted by atomic mass is 16.2. The van der Waals surface area contributed by atoms with Gasteiger partial charge in [-0.15, -0.1) is 0 Å². The number of benzene rings is 1. The van der Waals surface area contributed by atoms with Gasteiger partial charge in [-0.25, -0.2) is 0 Å². The zero-order valence-corrected chi connectivity index (χ0v) is 13.1. The number of nitrogens with zero attached hydrogens (tertiary/aromatic N) is 2. The van der Waals surface area contributed by atoms with Gasteiger partial charge in [0, 0.05) is 13.1 Å². The Morgan fingerprint density at radius 2 is 2.10 bits per heavy atom. The summed E-state index contributed by atoms with van der Waals surface area (Å²) < 4.78 is 0. The Bertz CT molecular complexity index is 464. The van der Waals surface area contributed by atoms with E-state index in [9.17, 15) is 4.79 Å². The van der Waals surface area contributed by atoms with Crippen molar-refractivity contribution >= 4 is 5.91 Å². The Kier molecular flexibility index (Phi) is 4.81. The molecule has 0 unspecified atom stereocenters. The maximum absolute atomic E-state index is 12.3. The van der Waals surface area contributed by atoms with Crippen LogP contribution in [0.5, 0.6) is 0 Å². The average Bonchev–Trinajstić information content (AvgIpc) is 2.33. The summed E-state index contributed by atoms with van der Waals surface area (Å²) in [6, 6.07) is 8.72. The number of likely N-dealkylation sites (tertiary alicyclic amines) is 1. The molecule has 20 heavy (non-hydrogen) atoms. The SMILES string of the molecule is CC[C@@H](C(=O)N1CC(Cc2cccc(C)c2)C1)N(C)C. The Hall–Kier alpha value is -1.35. The van der Waals surface area contributed by atoms with Crippen LogP contribution in [0.25, 0.3) is 0 Å². The zero-order valence-electron chi connectivity index (χ0n) is 13.1. The molecule has 0 saturated carbocycles. The van der Waals surface area contributed by atoms with Crippen molar-refractivity contribution in [2.24, 2.45) is 5.92 Å². The lowest BCUT2D eigenvalue weighted by Crippen LogP contribution is -2.56. The molecule has 0 aromatic heterocycles. The van der Waals surface area contributed by atoms with Crippen LogP contribution in [0.3, 0.4) is 0 Å². The molecule has 0 aliphatic carbocycles. The fourth-order valence-electron chi connectivity index (χ4n) is 3.02. The first-order valence-corrected chi connectivity index (χ1v) is 7.52. The van der Waals surface area contributed by atoms with Gasteiger partial charge in [-0.1, -0.05) is 36.8 Å². The van der Waals surface area contributed by atoms with Crippen LogP contribution < -0.4 is 0 Å². The molecule has 0 spiro atoms. The van der Waals surface area contributed by atoms with Crippen molar-refractivity contribution in [3.8, 4) is 0 Å². The summed E-state index contributed by atoms with van der Waals surface area (Å²) in [6.45, 7) is 6.03. The third kappa shape index (κ3) is 3.40. The number of rotatable bonds is 5. The minimum atomic E-state index is 0.0370. The lowest BCUT2D eigenvalue weighted by Gasteiger charge is -2.42. The van der Waals surface area contributed by atoms with Crippen molar-refractivity contribution in [1.82, 2.24) is 9.80 Å². The third-order valence-electron chi connectivity index (χ3n) is 4.17. The quantitative estimate of drug-likeness (QED) is 0.823. The molecule has 1 aliphatic rings. The van der Waals surface area contributed by atoms with Crippen LogP contribution in [0.15, 0.2) is 24.3 Å². The van der Waals surface area contributed by atoms with Gasteiger partial charge in [-0.2, -0.15) is 0 Å². The van der Waals surface area contributed by atoms with E-state index in [1.165, 1.54) is 11.1 Å². The van der Waals surface area contributed by atoms with E-state index in [0.717, 1.165) is 25.9 Å². The van der Waals surface area contributed by atoms with Gasteiger partial charge in [-0.3, -0.25) is 9.69 Å². The van der Waals surface area contributed by atoms with Gasteiger partial charge in [-0.05, 0) is 45.3 Å². The molecule has 1 aromatic carbocycles. The van der Waals surface area contributed by atoms with Crippen LogP contribution in [0.1, 0.15) is 24.5 Å². The van der Waals surface area contributed by atoms with E-state index < -0.39 is 0 Å². The minimum Gasteiger partial charge on any atom is -0.341 e. The van der Waals surface area contributed by atoms with Gasteiger partial charge in [0.25, 0.3) is 0 Å². The highest BCUT2D eigenvalue weighted by molar-refractivity contribution is 5.82. The standard InChI is InChI=1S/C17H26N2O/c1-5-16(18(3)4)17(20)19-11-15(12-19)10-14-8-6-7-13(2)9-14/h6-9,15-16H,5,10-12H2,1-4H3/t16-/m0/s1. The van der Waals surface area contributed by atoms with Crippen molar-refractivity contribution in [3.63, 3.8) is 0 Å². The summed E-state index contributed by atoms with van der Waals surface area (Å²) in [4.78, 5) is 16.4. The van der Waals surface area contributed by atoms with E-state index in [0.29, 0.717) is 5.92 Å². The second kappa shape index (κ2) is 6.40. The molecular weight excluding hydrogens is 248 g/mol. The summed E-state index contributed by atoms with van der Waals surface area (Å²) in [5.41, 5.74) is 2.70. The van der Waals surface area contributed by atoms with Crippen molar-refractivity contribution in [2.75, 3.05) is 27.2 Å². The van der Waals surface area contributed by atoms with E-state index in [-0.39, 0.29) is 11.9 Å². The fraction of sp³-hybridized carbons (Fsp3) is 0.588. The smallest absolute Gasteiger partial charge is 0.239 e. The zero-order chi connectivity index (χ0) is 14.7. The van der Waals surface area contributed by atoms with Crippen molar-refractivity contribution < 1.29 is 4.79 Å². The summed E-state index contributed by atoms with van der Waals surface area (Å²) in [6.07, 6.45) is 1.97. The topological polar surface area (TPSA) is 23.6 Å². The first-order valence-electron chi connectivity index (χ1n) is 7.52. The number of amides is 1. The number of hydrogen-bond donors (Lipinski definition) is 0. The molecule has 1 aromatic rings. The molecule has 3 nitrogen and oxygen atoms in total. The first-order chi connectivity index (χ1) is 9.51. The predicted molar refractivity (Wildman–Crippen MR) is 82.7 cm³/mol. The average molecular weight is 274 g/mol. The molecule has 110 valence electrons. The van der Waals surface area contributed by atoms with E-state index in [4.69, 9.17) is 0 Å². The van der Waals surface area contributed by atoms with E-state index >= 15 is 0 Å². The van der Waals surface area contributed by atoms with Crippen LogP contribution in [-0.4, -0.2) is 48.9 Å². The molecule has 1 saturated heterocycles. The summed E-state index contributed by atoms with van der Waals surface area (Å²) in [5.74, 6) is 0.915. The van der Waals surface area contributed by atoms with Gasteiger partial charge in [0.15, 0.2) is 0 Å². The van der Waals surface area contributed by atoms with Crippen LogP contribution in [-0.2, 0) is 11.2 Å². The Labute approximate surface area is 122 Å². The lowest BCUT2D eigenvalue weighted by atomic mass is 9.91. The van der Waals surface area contributed by atoms with E-state index in [1.54, 1.807) is 0 Å². The van der Waals surface area contributed by atoms with Crippen LogP contribution in [0, 0.1) is 12.8 Å². The molecule has 1 atom stereocenters. The molecule has 1 aliphatic heterocycles. The largest absolute Gasteiger partial charge is 0.341 e. The Balaban J connectivity index is 1.84. The summed E-state index contributed by atoms with van der Waals surface area (Å²) in [7, 11) is 3.96. The lowest BCUT2D eigenvalue weighted by molar-refractivity contribution is -0.142. The van der Waals surface area contributed by atoms with E-state index in [1.807, 2.05) is 23.9 Å². The molecular formula is C17H26N2O. The van der Waals surface area contributed by atoms with E-state index in [2.05, 4.69) is 38.1 Å². The molecule has 3 heteroatoms. The summed E-state index contributed by atoms with van der Waals surface area (Å²) in [5, 5.41) is 0. The molecule has 1 heterocycles. The molecule has 1 fully saturated rings. The van der Waals surface area contributed by atoms with Gasteiger partial charge < -0.3 is 4.90 Å². The van der Waals surface area contributed by atoms with Crippen LogP contribution in [0.2, 0.25) is 0 Å². The number of likely N-dealkylation sites (N-methyl/N-ethyl adjacent to an activating group) is 1. The fourth-order valence-corrected chi connectivity index (χ4v) is 3.02. The highest BCUT2D eigenvalue weighted by Gasteiger charge is 2.34. The maximum atomic E-state index is 12.3. The first kappa shape index (κ1) is 15.0. The molecule has 2 rings (SSSR count). The molecule has 0 radical (unpaired) electrons. The maximum Gasteiger partial charge on any atom is 0.239 e. The predicted octanol–water partition coefficient (Wildman–Crippen LogP) is 2.34. The monoisotopic (exact) mass is 274 g/mol. The highest BCUT2D eigenvalue weighted by Crippen LogP contribution is 2.22. The summed E-state index contributed by atoms with van der Waals surface area (Å²) >= 11 is 0. The van der Waals surface area contributed by atoms with Crippen molar-refractivity contribution in [2.45, 2.75) is 32.7 Å². The number of carbonyl (C=O) groups excluding carboxylic acids is 1. The third-order valence-corrected chi connectivity index (χ3v) is 4.17. The Morgan fingerprint density at radius 1 is 1.40 bits per heavy atom. The molecule has 1 amide bonds. The van der Waals surface area contributed by atoms with Crippen molar-refractivity contribution in [3.05, 3.63) is 35.4 Å². The van der Waals surface area contributed by atoms with Crippen LogP contribution >= 0.6 is 0 Å². The van der Waals surface area contributed by atoms with Crippen molar-refractivity contribution in [1.29, 1.82) is 0 Å². The normalized spacial score (nSPS) is 17.1. The van der Waals surface area contributed by atoms with Gasteiger partial charge in [0.05, 0.1) is 6.04 Å². The number of carbonyl (C=O) groups is 1. The second-order valence-electron chi connectivity index (χ2n) is 6.19. The van der Waals surface area contributed by atoms with Gasteiger partial charge in [0.2, 0.25) is 5.91 Å². The Morgan fingerprint density at radius 3 is 2.65 bits per heavy atom. The molecule has 0 N–H and O–H groups in total. The minimum absolute atomic E-state index is 0.0370.